The van der Waals surface area contributed by atoms with Crippen LogP contribution in [0.1, 0.15) is 63.9 Å². The van der Waals surface area contributed by atoms with E-state index in [-0.39, 0.29) is 29.5 Å². The second-order valence-corrected chi connectivity index (χ2v) is 6.37. The molecule has 126 valence electrons. The number of Topliss-reactive ketones (excluding diaryl/α,β-unsaturated/α-hetero) is 1. The summed E-state index contributed by atoms with van der Waals surface area (Å²) >= 11 is 0. The maximum absolute atomic E-state index is 13.3. The summed E-state index contributed by atoms with van der Waals surface area (Å²) < 4.78 is 13.3. The molecule has 2 N–H and O–H groups in total. The van der Waals surface area contributed by atoms with E-state index in [0.717, 1.165) is 23.2 Å². The van der Waals surface area contributed by atoms with E-state index in [2.05, 4.69) is 10.3 Å². The number of H-pyrrole nitrogens is 1. The number of benzene rings is 1. The van der Waals surface area contributed by atoms with Gasteiger partial charge in [-0.05, 0) is 49.9 Å². The van der Waals surface area contributed by atoms with Crippen LogP contribution < -0.4 is 5.32 Å². The van der Waals surface area contributed by atoms with Crippen LogP contribution in [0.5, 0.6) is 0 Å². The van der Waals surface area contributed by atoms with Gasteiger partial charge < -0.3 is 10.3 Å². The standard InChI is InChI=1S/C19H21FN2O2/c1-4-14-17(11(3)23)10(2)21-18(14)19(24)22-16-9-15(16)12-6-5-7-13(20)8-12/h5-8,15-16,21H,4,9H2,1-3H3,(H,22,24)/t15-,16-/m1/s1. The summed E-state index contributed by atoms with van der Waals surface area (Å²) in [4.78, 5) is 27.4. The topological polar surface area (TPSA) is 62.0 Å². The Labute approximate surface area is 140 Å². The van der Waals surface area contributed by atoms with Gasteiger partial charge in [-0.25, -0.2) is 4.39 Å². The molecule has 0 bridgehead atoms. The summed E-state index contributed by atoms with van der Waals surface area (Å²) in [5.41, 5.74) is 3.47. The van der Waals surface area contributed by atoms with Gasteiger partial charge in [-0.3, -0.25) is 9.59 Å². The van der Waals surface area contributed by atoms with Crippen LogP contribution in [0.2, 0.25) is 0 Å². The monoisotopic (exact) mass is 328 g/mol. The molecule has 0 unspecified atom stereocenters. The lowest BCUT2D eigenvalue weighted by Gasteiger charge is -2.06. The highest BCUT2D eigenvalue weighted by Gasteiger charge is 2.40. The van der Waals surface area contributed by atoms with Crippen LogP contribution in [-0.4, -0.2) is 22.7 Å². The van der Waals surface area contributed by atoms with Gasteiger partial charge in [0.25, 0.3) is 5.91 Å². The van der Waals surface area contributed by atoms with Crippen LogP contribution in [0, 0.1) is 12.7 Å². The van der Waals surface area contributed by atoms with E-state index in [1.165, 1.54) is 19.1 Å². The Morgan fingerprint density at radius 2 is 2.12 bits per heavy atom. The highest BCUT2D eigenvalue weighted by Crippen LogP contribution is 2.41. The fourth-order valence-electron chi connectivity index (χ4n) is 3.40. The van der Waals surface area contributed by atoms with Gasteiger partial charge in [0, 0.05) is 23.2 Å². The summed E-state index contributed by atoms with van der Waals surface area (Å²) in [5.74, 6) is -0.350. The van der Waals surface area contributed by atoms with Gasteiger partial charge in [-0.1, -0.05) is 19.1 Å². The number of carbonyl (C=O) groups is 2. The van der Waals surface area contributed by atoms with Crippen molar-refractivity contribution in [3.63, 3.8) is 0 Å². The summed E-state index contributed by atoms with van der Waals surface area (Å²) in [6.07, 6.45) is 1.41. The molecule has 3 rings (SSSR count). The Balaban J connectivity index is 1.75. The number of aromatic amines is 1. The first-order valence-corrected chi connectivity index (χ1v) is 8.21. The number of carbonyl (C=O) groups excluding carboxylic acids is 2. The van der Waals surface area contributed by atoms with Crippen LogP contribution in [0.4, 0.5) is 4.39 Å². The number of rotatable bonds is 5. The first-order valence-electron chi connectivity index (χ1n) is 8.21. The van der Waals surface area contributed by atoms with Gasteiger partial charge in [0.15, 0.2) is 5.78 Å². The Morgan fingerprint density at radius 1 is 1.38 bits per heavy atom. The normalized spacial score (nSPS) is 19.2. The van der Waals surface area contributed by atoms with E-state index < -0.39 is 0 Å². The largest absolute Gasteiger partial charge is 0.354 e. The SMILES string of the molecule is CCc1c(C(=O)N[C@@H]2C[C@@H]2c2cccc(F)c2)[nH]c(C)c1C(C)=O. The smallest absolute Gasteiger partial charge is 0.268 e. The molecular weight excluding hydrogens is 307 g/mol. The lowest BCUT2D eigenvalue weighted by atomic mass is 10.0. The number of halogens is 1. The summed E-state index contributed by atoms with van der Waals surface area (Å²) in [6.45, 7) is 5.25. The van der Waals surface area contributed by atoms with E-state index in [4.69, 9.17) is 0 Å². The van der Waals surface area contributed by atoms with Gasteiger partial charge in [0.05, 0.1) is 0 Å². The molecule has 2 aromatic rings. The zero-order valence-corrected chi connectivity index (χ0v) is 14.1. The number of nitrogens with one attached hydrogen (secondary N) is 2. The zero-order chi connectivity index (χ0) is 17.4. The average Bonchev–Trinajstić information content (AvgIpc) is 3.20. The van der Waals surface area contributed by atoms with Crippen LogP contribution in [0.25, 0.3) is 0 Å². The summed E-state index contributed by atoms with van der Waals surface area (Å²) in [5, 5.41) is 2.99. The zero-order valence-electron chi connectivity index (χ0n) is 14.1. The van der Waals surface area contributed by atoms with Gasteiger partial charge in [-0.2, -0.15) is 0 Å². The van der Waals surface area contributed by atoms with E-state index in [1.54, 1.807) is 13.0 Å². The van der Waals surface area contributed by atoms with E-state index in [0.29, 0.717) is 17.7 Å². The number of hydrogen-bond acceptors (Lipinski definition) is 2. The van der Waals surface area contributed by atoms with Crippen molar-refractivity contribution >= 4 is 11.7 Å². The molecule has 1 aliphatic rings. The third kappa shape index (κ3) is 2.98. The molecule has 24 heavy (non-hydrogen) atoms. The first-order chi connectivity index (χ1) is 11.4. The van der Waals surface area contributed by atoms with Gasteiger partial charge in [0.1, 0.15) is 11.5 Å². The van der Waals surface area contributed by atoms with Crippen molar-refractivity contribution in [3.05, 3.63) is 58.2 Å². The molecule has 1 amide bonds. The predicted octanol–water partition coefficient (Wildman–Crippen LogP) is 3.51. The summed E-state index contributed by atoms with van der Waals surface area (Å²) in [7, 11) is 0. The number of aromatic nitrogens is 1. The maximum atomic E-state index is 13.3. The van der Waals surface area contributed by atoms with Crippen molar-refractivity contribution in [1.29, 1.82) is 0 Å². The van der Waals surface area contributed by atoms with Gasteiger partial charge in [0.2, 0.25) is 0 Å². The van der Waals surface area contributed by atoms with Crippen LogP contribution in [0.15, 0.2) is 24.3 Å². The molecule has 0 aliphatic heterocycles. The Kier molecular flexibility index (Phi) is 4.26. The van der Waals surface area contributed by atoms with Crippen LogP contribution in [-0.2, 0) is 6.42 Å². The fourth-order valence-corrected chi connectivity index (χ4v) is 3.40. The number of ketones is 1. The molecule has 2 atom stereocenters. The minimum atomic E-state index is -0.260. The quantitative estimate of drug-likeness (QED) is 0.825. The molecule has 0 radical (unpaired) electrons. The molecule has 5 heteroatoms. The van der Waals surface area contributed by atoms with Crippen molar-refractivity contribution < 1.29 is 14.0 Å². The summed E-state index contributed by atoms with van der Waals surface area (Å²) in [6, 6.07) is 6.50. The third-order valence-electron chi connectivity index (χ3n) is 4.61. The van der Waals surface area contributed by atoms with Crippen molar-refractivity contribution in [2.45, 2.75) is 45.6 Å². The third-order valence-corrected chi connectivity index (χ3v) is 4.61. The van der Waals surface area contributed by atoms with Crippen molar-refractivity contribution in [3.8, 4) is 0 Å². The van der Waals surface area contributed by atoms with E-state index >= 15 is 0 Å². The lowest BCUT2D eigenvalue weighted by Crippen LogP contribution is -2.27. The molecule has 1 aromatic carbocycles. The first kappa shape index (κ1) is 16.4. The maximum Gasteiger partial charge on any atom is 0.268 e. The van der Waals surface area contributed by atoms with Crippen LogP contribution in [0.3, 0.4) is 0 Å². The molecule has 1 fully saturated rings. The van der Waals surface area contributed by atoms with Gasteiger partial charge in [-0.15, -0.1) is 0 Å². The molecule has 1 aromatic heterocycles. The van der Waals surface area contributed by atoms with Gasteiger partial charge >= 0.3 is 0 Å². The predicted molar refractivity (Wildman–Crippen MR) is 89.9 cm³/mol. The Hall–Kier alpha value is -2.43. The highest BCUT2D eigenvalue weighted by atomic mass is 19.1. The molecule has 0 saturated heterocycles. The molecule has 4 nitrogen and oxygen atoms in total. The number of aryl methyl sites for hydroxylation is 1. The molecular formula is C19H21FN2O2. The minimum Gasteiger partial charge on any atom is -0.354 e. The van der Waals surface area contributed by atoms with Crippen LogP contribution >= 0.6 is 0 Å². The minimum absolute atomic E-state index is 0.00777. The molecule has 1 heterocycles. The van der Waals surface area contributed by atoms with E-state index in [1.807, 2.05) is 13.0 Å². The second kappa shape index (κ2) is 6.23. The highest BCUT2D eigenvalue weighted by molar-refractivity contribution is 6.02. The average molecular weight is 328 g/mol. The number of hydrogen-bond donors (Lipinski definition) is 2. The lowest BCUT2D eigenvalue weighted by molar-refractivity contribution is 0.0944. The Bertz CT molecular complexity index is 810. The van der Waals surface area contributed by atoms with E-state index in [9.17, 15) is 14.0 Å². The van der Waals surface area contributed by atoms with Crippen molar-refractivity contribution in [2.75, 3.05) is 0 Å². The molecule has 1 aliphatic carbocycles. The fraction of sp³-hybridized carbons (Fsp3) is 0.368. The second-order valence-electron chi connectivity index (χ2n) is 6.37. The Morgan fingerprint density at radius 3 is 2.75 bits per heavy atom. The van der Waals surface area contributed by atoms with Crippen molar-refractivity contribution in [1.82, 2.24) is 10.3 Å². The van der Waals surface area contributed by atoms with Crippen molar-refractivity contribution in [2.24, 2.45) is 0 Å². The number of amides is 1. The molecule has 0 spiro atoms. The molecule has 1 saturated carbocycles.